The number of unbranched alkanes of at least 4 members (excludes halogenated alkanes) is 32. The van der Waals surface area contributed by atoms with Gasteiger partial charge in [0.1, 0.15) is 12.7 Å². The van der Waals surface area contributed by atoms with E-state index >= 15 is 0 Å². The van der Waals surface area contributed by atoms with Crippen molar-refractivity contribution in [2.24, 2.45) is 0 Å². The highest BCUT2D eigenvalue weighted by Gasteiger charge is 2.28. The number of hydrogen-bond acceptors (Lipinski definition) is 10. The lowest BCUT2D eigenvalue weighted by Gasteiger charge is -2.21. The molecule has 68 heavy (non-hydrogen) atoms. The molecule has 0 aliphatic rings. The van der Waals surface area contributed by atoms with E-state index in [1.807, 2.05) is 0 Å². The van der Waals surface area contributed by atoms with Gasteiger partial charge in [0.05, 0.1) is 19.8 Å². The second-order valence-electron chi connectivity index (χ2n) is 19.1. The average molecular weight is 985 g/mol. The van der Waals surface area contributed by atoms with Crippen LogP contribution in [0.4, 0.5) is 0 Å². The van der Waals surface area contributed by atoms with E-state index in [1.165, 1.54) is 122 Å². The van der Waals surface area contributed by atoms with Crippen molar-refractivity contribution in [3.8, 4) is 0 Å². The maximum absolute atomic E-state index is 12.9. The predicted molar refractivity (Wildman–Crippen MR) is 280 cm³/mol. The minimum absolute atomic E-state index is 0.162. The monoisotopic (exact) mass is 985 g/mol. The molecule has 3 atom stereocenters. The number of esters is 3. The number of phosphoric acid groups is 1. The Labute approximate surface area is 417 Å². The highest BCUT2D eigenvalue weighted by atomic mass is 31.2. The molecule has 0 aromatic rings. The summed E-state index contributed by atoms with van der Waals surface area (Å²) in [7, 11) is -4.74. The number of aliphatic hydroxyl groups is 1. The Morgan fingerprint density at radius 3 is 1.03 bits per heavy atom. The van der Waals surface area contributed by atoms with Crippen molar-refractivity contribution in [1.29, 1.82) is 0 Å². The van der Waals surface area contributed by atoms with Gasteiger partial charge in [0, 0.05) is 19.3 Å². The van der Waals surface area contributed by atoms with Crippen LogP contribution in [0.15, 0.2) is 24.3 Å². The molecule has 0 radical (unpaired) electrons. The molecule has 0 saturated heterocycles. The zero-order valence-corrected chi connectivity index (χ0v) is 45.0. The van der Waals surface area contributed by atoms with Crippen LogP contribution in [0.1, 0.15) is 278 Å². The van der Waals surface area contributed by atoms with Crippen molar-refractivity contribution in [1.82, 2.24) is 0 Å². The zero-order valence-electron chi connectivity index (χ0n) is 44.1. The topological polar surface area (TPSA) is 155 Å². The molecule has 0 amide bonds. The van der Waals surface area contributed by atoms with Gasteiger partial charge in [-0.15, -0.1) is 0 Å². The number of allylic oxidation sites excluding steroid dienone is 4. The lowest BCUT2D eigenvalue weighted by molar-refractivity contribution is -0.161. The molecule has 0 aliphatic heterocycles. The van der Waals surface area contributed by atoms with Gasteiger partial charge in [-0.25, -0.2) is 4.57 Å². The maximum atomic E-state index is 12.9. The second kappa shape index (κ2) is 51.3. The number of aliphatic hydroxyl groups excluding tert-OH is 1. The van der Waals surface area contributed by atoms with Crippen LogP contribution < -0.4 is 0 Å². The fraction of sp³-hybridized carbons (Fsp3) is 0.875. The van der Waals surface area contributed by atoms with Gasteiger partial charge in [-0.05, 0) is 70.6 Å². The summed E-state index contributed by atoms with van der Waals surface area (Å²) in [6, 6.07) is 0. The van der Waals surface area contributed by atoms with Crippen LogP contribution >= 0.6 is 7.82 Å². The summed E-state index contributed by atoms with van der Waals surface area (Å²) >= 11 is 0. The van der Waals surface area contributed by atoms with Gasteiger partial charge in [0.25, 0.3) is 0 Å². The van der Waals surface area contributed by atoms with E-state index in [2.05, 4.69) is 45.1 Å². The third-order valence-corrected chi connectivity index (χ3v) is 13.3. The zero-order chi connectivity index (χ0) is 49.9. The first-order valence-electron chi connectivity index (χ1n) is 28.2. The van der Waals surface area contributed by atoms with Gasteiger partial charge in [0.15, 0.2) is 6.10 Å². The minimum Gasteiger partial charge on any atom is -0.462 e. The molecule has 0 rings (SSSR count). The molecule has 11 nitrogen and oxygen atoms in total. The van der Waals surface area contributed by atoms with E-state index in [4.69, 9.17) is 23.3 Å². The third kappa shape index (κ3) is 49.0. The Bertz CT molecular complexity index is 1240. The van der Waals surface area contributed by atoms with Gasteiger partial charge in [-0.3, -0.25) is 23.4 Å². The summed E-state index contributed by atoms with van der Waals surface area (Å²) < 4.78 is 39.4. The van der Waals surface area contributed by atoms with Crippen molar-refractivity contribution in [2.45, 2.75) is 290 Å². The third-order valence-electron chi connectivity index (χ3n) is 12.3. The molecule has 400 valence electrons. The lowest BCUT2D eigenvalue weighted by atomic mass is 10.0. The van der Waals surface area contributed by atoms with Crippen LogP contribution in [0.25, 0.3) is 0 Å². The molecule has 12 heteroatoms. The largest absolute Gasteiger partial charge is 0.472 e. The van der Waals surface area contributed by atoms with Gasteiger partial charge < -0.3 is 24.2 Å². The maximum Gasteiger partial charge on any atom is 0.472 e. The average Bonchev–Trinajstić information content (AvgIpc) is 3.32. The molecule has 0 aliphatic carbocycles. The number of ether oxygens (including phenoxy) is 3. The van der Waals surface area contributed by atoms with Crippen LogP contribution in [0.2, 0.25) is 0 Å². The number of rotatable bonds is 53. The van der Waals surface area contributed by atoms with E-state index in [-0.39, 0.29) is 25.9 Å². The highest BCUT2D eigenvalue weighted by molar-refractivity contribution is 7.47. The van der Waals surface area contributed by atoms with E-state index in [0.717, 1.165) is 96.3 Å². The highest BCUT2D eigenvalue weighted by Crippen LogP contribution is 2.43. The molecule has 0 saturated carbocycles. The number of carbonyl (C=O) groups is 3. The first-order chi connectivity index (χ1) is 33.2. The van der Waals surface area contributed by atoms with Crippen molar-refractivity contribution in [2.75, 3.05) is 26.4 Å². The summed E-state index contributed by atoms with van der Waals surface area (Å²) in [5, 5.41) is 9.79. The van der Waals surface area contributed by atoms with Crippen LogP contribution in [0.5, 0.6) is 0 Å². The summed E-state index contributed by atoms with van der Waals surface area (Å²) in [5.41, 5.74) is 0. The van der Waals surface area contributed by atoms with Crippen LogP contribution in [0.3, 0.4) is 0 Å². The fourth-order valence-corrected chi connectivity index (χ4v) is 8.78. The van der Waals surface area contributed by atoms with Crippen LogP contribution in [0, 0.1) is 0 Å². The van der Waals surface area contributed by atoms with E-state index in [9.17, 15) is 28.9 Å². The first-order valence-corrected chi connectivity index (χ1v) is 29.7. The number of carbonyl (C=O) groups excluding carboxylic acids is 3. The quantitative estimate of drug-likeness (QED) is 0.0197. The summed E-state index contributed by atoms with van der Waals surface area (Å²) in [5.74, 6) is -1.46. The van der Waals surface area contributed by atoms with Crippen LogP contribution in [-0.4, -0.2) is 66.5 Å². The lowest BCUT2D eigenvalue weighted by Crippen LogP contribution is -2.30. The standard InChI is InChI=1S/C56H105O11P/c1-4-7-10-13-16-19-22-25-26-29-32-35-38-41-44-47-56(60)67-53(49-63-54(58)45-42-39-36-33-30-27-23-20-17-14-11-8-5-2)51-65-68(61,62)64-50-52(48-57)66-55(59)46-43-40-37-34-31-28-24-21-18-15-12-9-6-3/h21,24-26,52-53,57H,4-20,22-23,27-51H2,1-3H3,(H,61,62)/b24-21-,26-25-. The summed E-state index contributed by atoms with van der Waals surface area (Å²) in [6.45, 7) is 4.64. The Morgan fingerprint density at radius 2 is 0.676 bits per heavy atom. The van der Waals surface area contributed by atoms with E-state index in [0.29, 0.717) is 19.3 Å². The van der Waals surface area contributed by atoms with E-state index in [1.54, 1.807) is 0 Å². The van der Waals surface area contributed by atoms with Crippen molar-refractivity contribution >= 4 is 25.7 Å². The smallest absolute Gasteiger partial charge is 0.462 e. The Morgan fingerprint density at radius 1 is 0.397 bits per heavy atom. The number of hydrogen-bond donors (Lipinski definition) is 2. The fourth-order valence-electron chi connectivity index (χ4n) is 7.99. The van der Waals surface area contributed by atoms with Gasteiger partial charge in [-0.2, -0.15) is 0 Å². The van der Waals surface area contributed by atoms with Gasteiger partial charge >= 0.3 is 25.7 Å². The van der Waals surface area contributed by atoms with Crippen molar-refractivity contribution in [3.63, 3.8) is 0 Å². The predicted octanol–water partition coefficient (Wildman–Crippen LogP) is 16.3. The minimum atomic E-state index is -4.74. The SMILES string of the molecule is CCCCCC/C=C\CCCCCCCC(=O)OC(CO)COP(=O)(O)OCC(COC(=O)CCCCCCCCCCCCCCC)OC(=O)CCCCCCC/C=C\CCCCCCCC. The molecule has 0 aromatic carbocycles. The summed E-state index contributed by atoms with van der Waals surface area (Å²) in [6.07, 6.45) is 49.9. The van der Waals surface area contributed by atoms with Crippen LogP contribution in [-0.2, 0) is 42.2 Å². The van der Waals surface area contributed by atoms with E-state index < -0.39 is 57.8 Å². The Balaban J connectivity index is 4.71. The molecule has 0 aromatic heterocycles. The number of phosphoric ester groups is 1. The molecule has 2 N–H and O–H groups in total. The van der Waals surface area contributed by atoms with Crippen molar-refractivity contribution in [3.05, 3.63) is 24.3 Å². The van der Waals surface area contributed by atoms with Gasteiger partial charge in [0.2, 0.25) is 0 Å². The molecule has 3 unspecified atom stereocenters. The first kappa shape index (κ1) is 66.0. The molecule has 0 fully saturated rings. The summed E-state index contributed by atoms with van der Waals surface area (Å²) in [4.78, 5) is 48.4. The Kier molecular flexibility index (Phi) is 49.8. The Hall–Kier alpha value is -2.04. The normalized spacial score (nSPS) is 13.5. The molecule has 0 heterocycles. The molecule has 0 bridgehead atoms. The van der Waals surface area contributed by atoms with Crippen molar-refractivity contribution < 1.29 is 52.2 Å². The molecular weight excluding hydrogens is 880 g/mol. The van der Waals surface area contributed by atoms with Gasteiger partial charge in [-0.1, -0.05) is 212 Å². The molecular formula is C56H105O11P. The second-order valence-corrected chi connectivity index (χ2v) is 20.6. The molecule has 0 spiro atoms.